The first kappa shape index (κ1) is 10.2. The monoisotopic (exact) mass is 199 g/mol. The van der Waals surface area contributed by atoms with Crippen molar-refractivity contribution in [1.82, 2.24) is 5.32 Å². The summed E-state index contributed by atoms with van der Waals surface area (Å²) in [5.41, 5.74) is 0.767. The van der Waals surface area contributed by atoms with Gasteiger partial charge in [0.25, 0.3) is 0 Å². The smallest absolute Gasteiger partial charge is 0.123 e. The van der Waals surface area contributed by atoms with Crippen molar-refractivity contribution in [2.75, 3.05) is 6.54 Å². The molecule has 1 N–H and O–H groups in total. The first-order chi connectivity index (χ1) is 6.24. The van der Waals surface area contributed by atoms with Crippen molar-refractivity contribution in [2.45, 2.75) is 6.54 Å². The zero-order valence-electron chi connectivity index (χ0n) is 7.19. The Morgan fingerprint density at radius 2 is 2.31 bits per heavy atom. The summed E-state index contributed by atoms with van der Waals surface area (Å²) in [6.45, 7) is 4.81. The van der Waals surface area contributed by atoms with E-state index < -0.39 is 0 Å². The molecule has 0 fully saturated rings. The van der Waals surface area contributed by atoms with Gasteiger partial charge in [-0.3, -0.25) is 0 Å². The number of rotatable bonds is 4. The minimum Gasteiger partial charge on any atom is -0.309 e. The second-order valence-electron chi connectivity index (χ2n) is 2.66. The van der Waals surface area contributed by atoms with Crippen LogP contribution in [0, 0.1) is 5.82 Å². The normalized spacial score (nSPS) is 10.0. The molecule has 0 saturated carbocycles. The second kappa shape index (κ2) is 5.00. The third-order valence-corrected chi connectivity index (χ3v) is 1.98. The fourth-order valence-corrected chi connectivity index (χ4v) is 1.17. The molecule has 1 rings (SSSR count). The highest BCUT2D eigenvalue weighted by Crippen LogP contribution is 2.16. The second-order valence-corrected chi connectivity index (χ2v) is 3.06. The van der Waals surface area contributed by atoms with Gasteiger partial charge in [-0.05, 0) is 23.8 Å². The van der Waals surface area contributed by atoms with Crippen molar-refractivity contribution in [1.29, 1.82) is 0 Å². The van der Waals surface area contributed by atoms with Crippen molar-refractivity contribution in [3.05, 3.63) is 47.3 Å². The Balaban J connectivity index is 2.64. The van der Waals surface area contributed by atoms with E-state index in [-0.39, 0.29) is 5.82 Å². The lowest BCUT2D eigenvalue weighted by Crippen LogP contribution is -2.12. The average Bonchev–Trinajstić information content (AvgIpc) is 2.11. The molecular formula is C10H11ClFN. The van der Waals surface area contributed by atoms with Crippen LogP contribution in [0.25, 0.3) is 0 Å². The van der Waals surface area contributed by atoms with Crippen LogP contribution in [-0.2, 0) is 6.54 Å². The largest absolute Gasteiger partial charge is 0.309 e. The van der Waals surface area contributed by atoms with E-state index in [1.165, 1.54) is 12.1 Å². The number of halogens is 2. The van der Waals surface area contributed by atoms with Gasteiger partial charge in [0.1, 0.15) is 5.82 Å². The predicted molar refractivity (Wildman–Crippen MR) is 53.3 cm³/mol. The highest BCUT2D eigenvalue weighted by Gasteiger charge is 2.00. The predicted octanol–water partition coefficient (Wildman–Crippen LogP) is 2.75. The molecule has 0 atom stereocenters. The summed E-state index contributed by atoms with van der Waals surface area (Å²) >= 11 is 5.84. The molecule has 0 heterocycles. The van der Waals surface area contributed by atoms with Crippen LogP contribution < -0.4 is 5.32 Å². The molecule has 13 heavy (non-hydrogen) atoms. The Bertz CT molecular complexity index is 299. The molecule has 0 saturated heterocycles. The number of hydrogen-bond donors (Lipinski definition) is 1. The van der Waals surface area contributed by atoms with Crippen LogP contribution in [0.1, 0.15) is 5.56 Å². The summed E-state index contributed by atoms with van der Waals surface area (Å²) in [6, 6.07) is 4.33. The Morgan fingerprint density at radius 3 is 3.00 bits per heavy atom. The van der Waals surface area contributed by atoms with Crippen LogP contribution >= 0.6 is 11.6 Å². The third-order valence-electron chi connectivity index (χ3n) is 1.61. The molecule has 0 spiro atoms. The van der Waals surface area contributed by atoms with Gasteiger partial charge in [0.2, 0.25) is 0 Å². The van der Waals surface area contributed by atoms with E-state index in [0.717, 1.165) is 5.56 Å². The topological polar surface area (TPSA) is 12.0 Å². The van der Waals surface area contributed by atoms with Crippen LogP contribution in [0.5, 0.6) is 0 Å². The fourth-order valence-electron chi connectivity index (χ4n) is 0.988. The van der Waals surface area contributed by atoms with Gasteiger partial charge in [0, 0.05) is 18.1 Å². The van der Waals surface area contributed by atoms with Crippen LogP contribution in [0.2, 0.25) is 5.02 Å². The molecule has 0 bridgehead atoms. The minimum atomic E-state index is -0.264. The van der Waals surface area contributed by atoms with Crippen LogP contribution in [0.15, 0.2) is 30.9 Å². The zero-order chi connectivity index (χ0) is 9.68. The number of nitrogens with one attached hydrogen (secondary N) is 1. The van der Waals surface area contributed by atoms with E-state index in [1.54, 1.807) is 12.1 Å². The van der Waals surface area contributed by atoms with Gasteiger partial charge in [0.15, 0.2) is 0 Å². The summed E-state index contributed by atoms with van der Waals surface area (Å²) in [5, 5.41) is 3.63. The summed E-state index contributed by atoms with van der Waals surface area (Å²) in [6.07, 6.45) is 1.74. The van der Waals surface area contributed by atoms with Gasteiger partial charge in [0.05, 0.1) is 0 Å². The number of hydrogen-bond acceptors (Lipinski definition) is 1. The van der Waals surface area contributed by atoms with Crippen LogP contribution in [0.3, 0.4) is 0 Å². The molecule has 70 valence electrons. The quantitative estimate of drug-likeness (QED) is 0.581. The molecular weight excluding hydrogens is 189 g/mol. The molecule has 0 unspecified atom stereocenters. The Hall–Kier alpha value is -0.860. The number of benzene rings is 1. The van der Waals surface area contributed by atoms with E-state index in [9.17, 15) is 4.39 Å². The van der Waals surface area contributed by atoms with E-state index in [0.29, 0.717) is 18.1 Å². The Morgan fingerprint density at radius 1 is 1.54 bits per heavy atom. The van der Waals surface area contributed by atoms with Gasteiger partial charge < -0.3 is 5.32 Å². The van der Waals surface area contributed by atoms with E-state index in [2.05, 4.69) is 11.9 Å². The summed E-state index contributed by atoms with van der Waals surface area (Å²) < 4.78 is 12.7. The first-order valence-electron chi connectivity index (χ1n) is 3.99. The minimum absolute atomic E-state index is 0.264. The van der Waals surface area contributed by atoms with Crippen molar-refractivity contribution in [3.8, 4) is 0 Å². The van der Waals surface area contributed by atoms with Crippen molar-refractivity contribution >= 4 is 11.6 Å². The van der Waals surface area contributed by atoms with Crippen molar-refractivity contribution in [2.24, 2.45) is 0 Å². The van der Waals surface area contributed by atoms with Gasteiger partial charge in [-0.15, -0.1) is 6.58 Å². The molecule has 0 amide bonds. The van der Waals surface area contributed by atoms with Gasteiger partial charge >= 0.3 is 0 Å². The summed E-state index contributed by atoms with van der Waals surface area (Å²) in [5.74, 6) is -0.264. The van der Waals surface area contributed by atoms with Gasteiger partial charge in [-0.1, -0.05) is 17.7 Å². The molecule has 0 radical (unpaired) electrons. The molecule has 3 heteroatoms. The maximum atomic E-state index is 12.7. The molecule has 1 aromatic carbocycles. The molecule has 0 aliphatic heterocycles. The molecule has 0 aliphatic carbocycles. The van der Waals surface area contributed by atoms with Crippen molar-refractivity contribution < 1.29 is 4.39 Å². The van der Waals surface area contributed by atoms with Crippen LogP contribution in [-0.4, -0.2) is 6.54 Å². The average molecular weight is 200 g/mol. The Kier molecular flexibility index (Phi) is 3.93. The fraction of sp³-hybridized carbons (Fsp3) is 0.200. The lowest BCUT2D eigenvalue weighted by Gasteiger charge is -2.04. The van der Waals surface area contributed by atoms with E-state index >= 15 is 0 Å². The van der Waals surface area contributed by atoms with Gasteiger partial charge in [-0.25, -0.2) is 4.39 Å². The molecule has 0 aliphatic rings. The lowest BCUT2D eigenvalue weighted by atomic mass is 10.2. The van der Waals surface area contributed by atoms with E-state index in [4.69, 9.17) is 11.6 Å². The van der Waals surface area contributed by atoms with Gasteiger partial charge in [-0.2, -0.15) is 0 Å². The van der Waals surface area contributed by atoms with Crippen molar-refractivity contribution in [3.63, 3.8) is 0 Å². The standard InChI is InChI=1S/C10H11ClFN/c1-2-5-13-7-8-6-9(12)3-4-10(8)11/h2-4,6,13H,1,5,7H2. The maximum absolute atomic E-state index is 12.7. The first-order valence-corrected chi connectivity index (χ1v) is 4.37. The van der Waals surface area contributed by atoms with Crippen LogP contribution in [0.4, 0.5) is 4.39 Å². The summed E-state index contributed by atoms with van der Waals surface area (Å²) in [7, 11) is 0. The highest BCUT2D eigenvalue weighted by molar-refractivity contribution is 6.31. The molecule has 1 aromatic rings. The lowest BCUT2D eigenvalue weighted by molar-refractivity contribution is 0.623. The Labute approximate surface area is 82.2 Å². The molecule has 1 nitrogen and oxygen atoms in total. The summed E-state index contributed by atoms with van der Waals surface area (Å²) in [4.78, 5) is 0. The third kappa shape index (κ3) is 3.17. The zero-order valence-corrected chi connectivity index (χ0v) is 7.94. The van der Waals surface area contributed by atoms with E-state index in [1.807, 2.05) is 0 Å². The maximum Gasteiger partial charge on any atom is 0.123 e. The highest BCUT2D eigenvalue weighted by atomic mass is 35.5. The molecule has 0 aromatic heterocycles. The SMILES string of the molecule is C=CCNCc1cc(F)ccc1Cl.